The number of hydrogen-bond donors (Lipinski definition) is 1. The summed E-state index contributed by atoms with van der Waals surface area (Å²) in [4.78, 5) is 19.2. The maximum absolute atomic E-state index is 11.5. The molecule has 104 valence electrons. The molecule has 0 radical (unpaired) electrons. The van der Waals surface area contributed by atoms with Crippen molar-refractivity contribution in [1.82, 2.24) is 9.97 Å². The molecule has 0 aliphatic rings. The van der Waals surface area contributed by atoms with Gasteiger partial charge in [-0.05, 0) is 25.1 Å². The van der Waals surface area contributed by atoms with Crippen molar-refractivity contribution in [2.75, 3.05) is 6.26 Å². The van der Waals surface area contributed by atoms with Crippen molar-refractivity contribution < 1.29 is 18.3 Å². The number of sulfone groups is 1. The zero-order chi connectivity index (χ0) is 14.9. The predicted molar refractivity (Wildman–Crippen MR) is 72.3 cm³/mol. The summed E-state index contributed by atoms with van der Waals surface area (Å²) in [5.74, 6) is -0.969. The molecule has 0 aliphatic heterocycles. The fraction of sp³-hybridized carbons (Fsp3) is 0.154. The molecule has 0 saturated carbocycles. The highest BCUT2D eigenvalue weighted by Crippen LogP contribution is 2.20. The fourth-order valence-electron chi connectivity index (χ4n) is 1.67. The van der Waals surface area contributed by atoms with Gasteiger partial charge in [-0.3, -0.25) is 0 Å². The van der Waals surface area contributed by atoms with Gasteiger partial charge in [0.1, 0.15) is 0 Å². The zero-order valence-electron chi connectivity index (χ0n) is 10.9. The summed E-state index contributed by atoms with van der Waals surface area (Å²) >= 11 is 0. The molecule has 7 heteroatoms. The van der Waals surface area contributed by atoms with E-state index in [1.807, 2.05) is 0 Å². The van der Waals surface area contributed by atoms with Crippen LogP contribution < -0.4 is 0 Å². The second kappa shape index (κ2) is 5.01. The van der Waals surface area contributed by atoms with Crippen LogP contribution >= 0.6 is 0 Å². The van der Waals surface area contributed by atoms with Crippen LogP contribution in [0.5, 0.6) is 0 Å². The monoisotopic (exact) mass is 292 g/mol. The summed E-state index contributed by atoms with van der Waals surface area (Å²) < 4.78 is 23.0. The summed E-state index contributed by atoms with van der Waals surface area (Å²) in [6, 6.07) is 7.45. The summed E-state index contributed by atoms with van der Waals surface area (Å²) in [7, 11) is -3.34. The topological polar surface area (TPSA) is 97.2 Å². The SMILES string of the molecule is Cc1cc(C(=O)O)nc(-c2cccc(S(C)(=O)=O)c2)n1. The largest absolute Gasteiger partial charge is 0.477 e. The first kappa shape index (κ1) is 14.1. The Balaban J connectivity index is 2.60. The van der Waals surface area contributed by atoms with Crippen LogP contribution in [0, 0.1) is 6.92 Å². The summed E-state index contributed by atoms with van der Waals surface area (Å²) in [5.41, 5.74) is 0.827. The van der Waals surface area contributed by atoms with Gasteiger partial charge in [0.15, 0.2) is 21.4 Å². The van der Waals surface area contributed by atoms with E-state index in [4.69, 9.17) is 5.11 Å². The quantitative estimate of drug-likeness (QED) is 0.921. The van der Waals surface area contributed by atoms with Crippen molar-refractivity contribution in [2.24, 2.45) is 0 Å². The van der Waals surface area contributed by atoms with E-state index in [9.17, 15) is 13.2 Å². The Labute approximate surface area is 116 Å². The summed E-state index contributed by atoms with van der Waals surface area (Å²) in [5, 5.41) is 8.98. The molecular formula is C13H12N2O4S. The highest BCUT2D eigenvalue weighted by Gasteiger charge is 2.13. The third kappa shape index (κ3) is 3.00. The number of aromatic nitrogens is 2. The molecule has 1 aromatic heterocycles. The van der Waals surface area contributed by atoms with E-state index >= 15 is 0 Å². The van der Waals surface area contributed by atoms with Crippen molar-refractivity contribution in [3.63, 3.8) is 0 Å². The minimum Gasteiger partial charge on any atom is -0.477 e. The van der Waals surface area contributed by atoms with Gasteiger partial charge in [-0.25, -0.2) is 23.2 Å². The first-order valence-electron chi connectivity index (χ1n) is 5.67. The van der Waals surface area contributed by atoms with Gasteiger partial charge in [0.2, 0.25) is 0 Å². The third-order valence-corrected chi connectivity index (χ3v) is 3.70. The molecule has 0 amide bonds. The van der Waals surface area contributed by atoms with Crippen molar-refractivity contribution in [3.8, 4) is 11.4 Å². The maximum Gasteiger partial charge on any atom is 0.354 e. The molecule has 0 bridgehead atoms. The van der Waals surface area contributed by atoms with Gasteiger partial charge in [-0.1, -0.05) is 12.1 Å². The molecule has 6 nitrogen and oxygen atoms in total. The van der Waals surface area contributed by atoms with Crippen molar-refractivity contribution >= 4 is 15.8 Å². The van der Waals surface area contributed by atoms with E-state index in [1.165, 1.54) is 18.2 Å². The molecule has 2 rings (SSSR count). The number of rotatable bonds is 3. The number of aryl methyl sites for hydroxylation is 1. The van der Waals surface area contributed by atoms with Crippen LogP contribution in [0.15, 0.2) is 35.2 Å². The molecule has 1 N–H and O–H groups in total. The van der Waals surface area contributed by atoms with E-state index < -0.39 is 15.8 Å². The van der Waals surface area contributed by atoms with Gasteiger partial charge in [0.25, 0.3) is 0 Å². The fourth-order valence-corrected chi connectivity index (χ4v) is 2.34. The number of aromatic carboxylic acids is 1. The Hall–Kier alpha value is -2.28. The van der Waals surface area contributed by atoms with E-state index in [0.717, 1.165) is 6.26 Å². The molecule has 20 heavy (non-hydrogen) atoms. The number of carboxylic acid groups (broad SMARTS) is 1. The predicted octanol–water partition coefficient (Wildman–Crippen LogP) is 1.55. The highest BCUT2D eigenvalue weighted by molar-refractivity contribution is 7.90. The Morgan fingerprint density at radius 3 is 2.50 bits per heavy atom. The Bertz CT molecular complexity index is 785. The van der Waals surface area contributed by atoms with Crippen molar-refractivity contribution in [3.05, 3.63) is 41.7 Å². The van der Waals surface area contributed by atoms with Gasteiger partial charge < -0.3 is 5.11 Å². The lowest BCUT2D eigenvalue weighted by Gasteiger charge is -2.05. The molecule has 0 spiro atoms. The summed E-state index contributed by atoms with van der Waals surface area (Å²) in [6.07, 6.45) is 1.10. The minimum atomic E-state index is -3.34. The van der Waals surface area contributed by atoms with Gasteiger partial charge in [0, 0.05) is 17.5 Å². The molecule has 0 atom stereocenters. The lowest BCUT2D eigenvalue weighted by atomic mass is 10.2. The molecule has 2 aromatic rings. The second-order valence-electron chi connectivity index (χ2n) is 4.32. The Morgan fingerprint density at radius 2 is 1.90 bits per heavy atom. The van der Waals surface area contributed by atoms with Crippen molar-refractivity contribution in [2.45, 2.75) is 11.8 Å². The summed E-state index contributed by atoms with van der Waals surface area (Å²) in [6.45, 7) is 1.65. The first-order valence-corrected chi connectivity index (χ1v) is 7.56. The first-order chi connectivity index (χ1) is 9.27. The molecule has 0 unspecified atom stereocenters. The van der Waals surface area contributed by atoms with E-state index in [0.29, 0.717) is 11.3 Å². The second-order valence-corrected chi connectivity index (χ2v) is 6.34. The van der Waals surface area contributed by atoms with Crippen LogP contribution in [0.4, 0.5) is 0 Å². The number of hydrogen-bond acceptors (Lipinski definition) is 5. The maximum atomic E-state index is 11.5. The molecule has 0 aliphatic carbocycles. The van der Waals surface area contributed by atoms with Gasteiger partial charge in [-0.15, -0.1) is 0 Å². The van der Waals surface area contributed by atoms with Crippen LogP contribution in [-0.4, -0.2) is 35.7 Å². The molecular weight excluding hydrogens is 280 g/mol. The number of carbonyl (C=O) groups is 1. The van der Waals surface area contributed by atoms with Crippen LogP contribution in [0.25, 0.3) is 11.4 Å². The number of nitrogens with zero attached hydrogens (tertiary/aromatic N) is 2. The van der Waals surface area contributed by atoms with E-state index in [1.54, 1.807) is 19.1 Å². The van der Waals surface area contributed by atoms with E-state index in [-0.39, 0.29) is 16.4 Å². The third-order valence-electron chi connectivity index (χ3n) is 2.59. The average molecular weight is 292 g/mol. The Morgan fingerprint density at radius 1 is 1.20 bits per heavy atom. The lowest BCUT2D eigenvalue weighted by molar-refractivity contribution is 0.0690. The Kier molecular flexibility index (Phi) is 3.54. The number of carboxylic acids is 1. The van der Waals surface area contributed by atoms with Gasteiger partial charge >= 0.3 is 5.97 Å². The van der Waals surface area contributed by atoms with E-state index in [2.05, 4.69) is 9.97 Å². The van der Waals surface area contributed by atoms with Crippen LogP contribution in [0.2, 0.25) is 0 Å². The normalized spacial score (nSPS) is 11.3. The van der Waals surface area contributed by atoms with Crippen LogP contribution in [-0.2, 0) is 9.84 Å². The van der Waals surface area contributed by atoms with Crippen LogP contribution in [0.1, 0.15) is 16.2 Å². The average Bonchev–Trinajstić information content (AvgIpc) is 2.37. The molecule has 1 heterocycles. The smallest absolute Gasteiger partial charge is 0.354 e. The van der Waals surface area contributed by atoms with Gasteiger partial charge in [-0.2, -0.15) is 0 Å². The zero-order valence-corrected chi connectivity index (χ0v) is 11.7. The number of benzene rings is 1. The standard InChI is InChI=1S/C13H12N2O4S/c1-8-6-11(13(16)17)15-12(14-8)9-4-3-5-10(7-9)20(2,18)19/h3-7H,1-2H3,(H,16,17). The van der Waals surface area contributed by atoms with Gasteiger partial charge in [0.05, 0.1) is 4.90 Å². The molecule has 1 aromatic carbocycles. The highest BCUT2D eigenvalue weighted by atomic mass is 32.2. The molecule has 0 fully saturated rings. The van der Waals surface area contributed by atoms with Crippen LogP contribution in [0.3, 0.4) is 0 Å². The molecule has 0 saturated heterocycles. The minimum absolute atomic E-state index is 0.128. The van der Waals surface area contributed by atoms with Crippen molar-refractivity contribution in [1.29, 1.82) is 0 Å². The lowest BCUT2D eigenvalue weighted by Crippen LogP contribution is -2.05.